The van der Waals surface area contributed by atoms with Crippen molar-refractivity contribution in [2.24, 2.45) is 0 Å². The van der Waals surface area contributed by atoms with E-state index in [4.69, 9.17) is 4.74 Å². The first-order chi connectivity index (χ1) is 13.1. The quantitative estimate of drug-likeness (QED) is 0.770. The average Bonchev–Trinajstić information content (AvgIpc) is 2.69. The van der Waals surface area contributed by atoms with Gasteiger partial charge < -0.3 is 15.2 Å². The fraction of sp³-hybridized carbons (Fsp3) is 0.364. The Balaban J connectivity index is 1.46. The molecule has 0 bridgehead atoms. The van der Waals surface area contributed by atoms with Crippen LogP contribution < -0.4 is 5.32 Å². The summed E-state index contributed by atoms with van der Waals surface area (Å²) in [5.74, 6) is -0.411. The molecule has 0 heterocycles. The van der Waals surface area contributed by atoms with Gasteiger partial charge in [-0.25, -0.2) is 0 Å². The third kappa shape index (κ3) is 5.93. The van der Waals surface area contributed by atoms with Gasteiger partial charge in [-0.2, -0.15) is 0 Å². The molecule has 0 spiro atoms. The second-order valence-corrected chi connectivity index (χ2v) is 7.00. The van der Waals surface area contributed by atoms with Crippen LogP contribution in [0.3, 0.4) is 0 Å². The molecular formula is C22H25NO4. The van der Waals surface area contributed by atoms with Gasteiger partial charge in [0.1, 0.15) is 6.61 Å². The fourth-order valence-corrected chi connectivity index (χ4v) is 3.22. The second kappa shape index (κ2) is 9.33. The van der Waals surface area contributed by atoms with Gasteiger partial charge in [-0.1, -0.05) is 42.5 Å². The van der Waals surface area contributed by atoms with Crippen molar-refractivity contribution in [2.75, 3.05) is 0 Å². The van der Waals surface area contributed by atoms with Gasteiger partial charge in [-0.15, -0.1) is 0 Å². The molecule has 142 valence electrons. The molecule has 1 amide bonds. The van der Waals surface area contributed by atoms with Crippen molar-refractivity contribution in [3.8, 4) is 0 Å². The lowest BCUT2D eigenvalue weighted by atomic mass is 9.93. The lowest BCUT2D eigenvalue weighted by Gasteiger charge is -2.26. The number of amides is 1. The van der Waals surface area contributed by atoms with Crippen molar-refractivity contribution in [1.29, 1.82) is 0 Å². The lowest BCUT2D eigenvalue weighted by molar-refractivity contribution is -0.144. The van der Waals surface area contributed by atoms with Gasteiger partial charge in [0.05, 0.1) is 12.5 Å². The number of carbonyl (C=O) groups excluding carboxylic acids is 2. The summed E-state index contributed by atoms with van der Waals surface area (Å²) in [7, 11) is 0. The van der Waals surface area contributed by atoms with Crippen molar-refractivity contribution in [3.63, 3.8) is 0 Å². The molecule has 1 fully saturated rings. The summed E-state index contributed by atoms with van der Waals surface area (Å²) >= 11 is 0. The summed E-state index contributed by atoms with van der Waals surface area (Å²) in [4.78, 5) is 24.3. The van der Waals surface area contributed by atoms with Gasteiger partial charge in [0.2, 0.25) is 0 Å². The molecule has 27 heavy (non-hydrogen) atoms. The molecule has 5 nitrogen and oxygen atoms in total. The highest BCUT2D eigenvalue weighted by Gasteiger charge is 2.21. The monoisotopic (exact) mass is 367 g/mol. The lowest BCUT2D eigenvalue weighted by Crippen LogP contribution is -2.38. The van der Waals surface area contributed by atoms with Crippen LogP contribution >= 0.6 is 0 Å². The fourth-order valence-electron chi connectivity index (χ4n) is 3.22. The number of benzene rings is 2. The van der Waals surface area contributed by atoms with E-state index in [1.807, 2.05) is 30.3 Å². The van der Waals surface area contributed by atoms with Crippen LogP contribution in [0.5, 0.6) is 0 Å². The van der Waals surface area contributed by atoms with Crippen LogP contribution in [0, 0.1) is 0 Å². The summed E-state index contributed by atoms with van der Waals surface area (Å²) in [6, 6.07) is 16.7. The molecule has 3 rings (SSSR count). The maximum Gasteiger partial charge on any atom is 0.310 e. The Kier molecular flexibility index (Phi) is 6.60. The number of aliphatic hydroxyl groups is 1. The number of rotatable bonds is 6. The predicted molar refractivity (Wildman–Crippen MR) is 102 cm³/mol. The summed E-state index contributed by atoms with van der Waals surface area (Å²) in [5, 5.41) is 12.5. The Hall–Kier alpha value is -2.66. The molecule has 0 aliphatic heterocycles. The first-order valence-electron chi connectivity index (χ1n) is 9.37. The third-order valence-corrected chi connectivity index (χ3v) is 4.84. The Morgan fingerprint density at radius 3 is 2.26 bits per heavy atom. The maximum absolute atomic E-state index is 12.3. The van der Waals surface area contributed by atoms with E-state index in [1.165, 1.54) is 0 Å². The van der Waals surface area contributed by atoms with Gasteiger partial charge in [-0.05, 0) is 48.9 Å². The van der Waals surface area contributed by atoms with Crippen LogP contribution in [0.2, 0.25) is 0 Å². The van der Waals surface area contributed by atoms with Gasteiger partial charge in [0.15, 0.2) is 0 Å². The van der Waals surface area contributed by atoms with Crippen molar-refractivity contribution in [2.45, 2.75) is 50.9 Å². The van der Waals surface area contributed by atoms with E-state index in [-0.39, 0.29) is 37.0 Å². The number of esters is 1. The van der Waals surface area contributed by atoms with E-state index < -0.39 is 0 Å². The zero-order valence-electron chi connectivity index (χ0n) is 15.3. The van der Waals surface area contributed by atoms with Crippen LogP contribution in [0.15, 0.2) is 54.6 Å². The molecule has 1 aliphatic carbocycles. The summed E-state index contributed by atoms with van der Waals surface area (Å²) in [6.45, 7) is 0.260. The Bertz CT molecular complexity index is 750. The van der Waals surface area contributed by atoms with E-state index in [2.05, 4.69) is 5.32 Å². The van der Waals surface area contributed by atoms with Crippen LogP contribution in [-0.4, -0.2) is 29.1 Å². The first kappa shape index (κ1) is 19.1. The second-order valence-electron chi connectivity index (χ2n) is 7.00. The minimum atomic E-state index is -0.295. The van der Waals surface area contributed by atoms with Gasteiger partial charge >= 0.3 is 5.97 Å². The van der Waals surface area contributed by atoms with Gasteiger partial charge in [-0.3, -0.25) is 9.59 Å². The van der Waals surface area contributed by atoms with E-state index in [1.54, 1.807) is 24.3 Å². The zero-order chi connectivity index (χ0) is 19.1. The van der Waals surface area contributed by atoms with Crippen LogP contribution in [-0.2, 0) is 22.6 Å². The van der Waals surface area contributed by atoms with Crippen molar-refractivity contribution >= 4 is 11.9 Å². The number of hydrogen-bond acceptors (Lipinski definition) is 4. The van der Waals surface area contributed by atoms with Crippen LogP contribution in [0.1, 0.15) is 47.2 Å². The molecule has 0 atom stereocenters. The molecule has 0 radical (unpaired) electrons. The van der Waals surface area contributed by atoms with E-state index in [0.29, 0.717) is 5.56 Å². The Labute approximate surface area is 159 Å². The largest absolute Gasteiger partial charge is 0.461 e. The predicted octanol–water partition coefficient (Wildman–Crippen LogP) is 3.01. The van der Waals surface area contributed by atoms with Crippen molar-refractivity contribution in [3.05, 3.63) is 71.3 Å². The molecule has 1 aliphatic rings. The third-order valence-electron chi connectivity index (χ3n) is 4.84. The Morgan fingerprint density at radius 2 is 1.59 bits per heavy atom. The number of hydrogen-bond donors (Lipinski definition) is 2. The van der Waals surface area contributed by atoms with E-state index in [9.17, 15) is 14.7 Å². The van der Waals surface area contributed by atoms with E-state index >= 15 is 0 Å². The van der Waals surface area contributed by atoms with Crippen LogP contribution in [0.25, 0.3) is 0 Å². The summed E-state index contributed by atoms with van der Waals surface area (Å²) in [6.07, 6.45) is 3.01. The highest BCUT2D eigenvalue weighted by molar-refractivity contribution is 5.94. The number of carbonyl (C=O) groups is 2. The van der Waals surface area contributed by atoms with E-state index in [0.717, 1.165) is 36.8 Å². The van der Waals surface area contributed by atoms with Crippen molar-refractivity contribution in [1.82, 2.24) is 5.32 Å². The Morgan fingerprint density at radius 1 is 0.926 bits per heavy atom. The minimum absolute atomic E-state index is 0.116. The van der Waals surface area contributed by atoms with Crippen LogP contribution in [0.4, 0.5) is 0 Å². The SMILES string of the molecule is O=C(Cc1ccc(C(=O)NC2CCC(O)CC2)cc1)OCc1ccccc1. The molecular weight excluding hydrogens is 342 g/mol. The first-order valence-corrected chi connectivity index (χ1v) is 9.37. The molecule has 0 aromatic heterocycles. The summed E-state index contributed by atoms with van der Waals surface area (Å²) < 4.78 is 5.28. The number of ether oxygens (including phenoxy) is 1. The molecule has 2 aromatic carbocycles. The zero-order valence-corrected chi connectivity index (χ0v) is 15.3. The average molecular weight is 367 g/mol. The molecule has 0 unspecified atom stereocenters. The van der Waals surface area contributed by atoms with Gasteiger partial charge in [0, 0.05) is 11.6 Å². The minimum Gasteiger partial charge on any atom is -0.461 e. The smallest absolute Gasteiger partial charge is 0.310 e. The molecule has 2 aromatic rings. The molecule has 5 heteroatoms. The molecule has 1 saturated carbocycles. The molecule has 2 N–H and O–H groups in total. The topological polar surface area (TPSA) is 75.6 Å². The highest BCUT2D eigenvalue weighted by atomic mass is 16.5. The standard InChI is InChI=1S/C22H25NO4/c24-20-12-10-19(11-13-20)23-22(26)18-8-6-16(7-9-18)14-21(25)27-15-17-4-2-1-3-5-17/h1-9,19-20,24H,10-15H2,(H,23,26). The summed E-state index contributed by atoms with van der Waals surface area (Å²) in [5.41, 5.74) is 2.33. The number of aliphatic hydroxyl groups excluding tert-OH is 1. The highest BCUT2D eigenvalue weighted by Crippen LogP contribution is 2.19. The van der Waals surface area contributed by atoms with Gasteiger partial charge in [0.25, 0.3) is 5.91 Å². The molecule has 0 saturated heterocycles. The van der Waals surface area contributed by atoms with Crippen molar-refractivity contribution < 1.29 is 19.4 Å². The normalized spacial score (nSPS) is 19.3. The number of nitrogens with one attached hydrogen (secondary N) is 1. The maximum atomic E-state index is 12.3.